The molecule has 0 saturated carbocycles. The first-order valence-electron chi connectivity index (χ1n) is 6.08. The molecule has 0 aliphatic rings. The summed E-state index contributed by atoms with van der Waals surface area (Å²) in [7, 11) is 0. The van der Waals surface area contributed by atoms with E-state index in [1.165, 1.54) is 5.56 Å². The Hall–Kier alpha value is -1.67. The fourth-order valence-electron chi connectivity index (χ4n) is 2.21. The van der Waals surface area contributed by atoms with Gasteiger partial charge in [-0.15, -0.1) is 0 Å². The van der Waals surface area contributed by atoms with Crippen LogP contribution < -0.4 is 5.73 Å². The molecule has 2 N–H and O–H groups in total. The molecule has 0 aliphatic heterocycles. The standard InChI is InChI=1S/C16H18FN/c1-10-5-4-6-13(7-10)16(18)14-8-11(2)15(17)12(3)9-14/h4-9,16H,18H2,1-3H3. The number of rotatable bonds is 2. The van der Waals surface area contributed by atoms with E-state index in [9.17, 15) is 4.39 Å². The van der Waals surface area contributed by atoms with Gasteiger partial charge in [-0.1, -0.05) is 42.0 Å². The third-order valence-electron chi connectivity index (χ3n) is 3.22. The van der Waals surface area contributed by atoms with Gasteiger partial charge in [-0.25, -0.2) is 4.39 Å². The quantitative estimate of drug-likeness (QED) is 0.853. The monoisotopic (exact) mass is 243 g/mol. The summed E-state index contributed by atoms with van der Waals surface area (Å²) in [5.41, 5.74) is 10.7. The van der Waals surface area contributed by atoms with Gasteiger partial charge in [-0.3, -0.25) is 0 Å². The van der Waals surface area contributed by atoms with Crippen molar-refractivity contribution in [2.24, 2.45) is 5.73 Å². The van der Waals surface area contributed by atoms with E-state index in [-0.39, 0.29) is 11.9 Å². The maximum Gasteiger partial charge on any atom is 0.129 e. The van der Waals surface area contributed by atoms with Gasteiger partial charge in [-0.2, -0.15) is 0 Å². The van der Waals surface area contributed by atoms with Gasteiger partial charge in [0.1, 0.15) is 5.82 Å². The van der Waals surface area contributed by atoms with Crippen LogP contribution in [-0.2, 0) is 0 Å². The highest BCUT2D eigenvalue weighted by molar-refractivity contribution is 5.38. The first kappa shape index (κ1) is 12.8. The topological polar surface area (TPSA) is 26.0 Å². The molecule has 0 saturated heterocycles. The van der Waals surface area contributed by atoms with Crippen LogP contribution in [0.3, 0.4) is 0 Å². The molecule has 0 amide bonds. The minimum atomic E-state index is -0.206. The van der Waals surface area contributed by atoms with E-state index >= 15 is 0 Å². The van der Waals surface area contributed by atoms with Crippen molar-refractivity contribution in [2.45, 2.75) is 26.8 Å². The van der Waals surface area contributed by atoms with Crippen molar-refractivity contribution < 1.29 is 4.39 Å². The van der Waals surface area contributed by atoms with E-state index in [4.69, 9.17) is 5.73 Å². The highest BCUT2D eigenvalue weighted by Crippen LogP contribution is 2.24. The minimum absolute atomic E-state index is 0.143. The second-order valence-corrected chi connectivity index (χ2v) is 4.86. The van der Waals surface area contributed by atoms with Crippen LogP contribution in [0, 0.1) is 26.6 Å². The SMILES string of the molecule is Cc1cccc(C(N)c2cc(C)c(F)c(C)c2)c1. The second-order valence-electron chi connectivity index (χ2n) is 4.86. The molecule has 0 heterocycles. The first-order chi connectivity index (χ1) is 8.49. The fourth-order valence-corrected chi connectivity index (χ4v) is 2.21. The van der Waals surface area contributed by atoms with Crippen LogP contribution >= 0.6 is 0 Å². The minimum Gasteiger partial charge on any atom is -0.320 e. The Morgan fingerprint density at radius 2 is 1.56 bits per heavy atom. The number of halogens is 1. The Morgan fingerprint density at radius 3 is 2.11 bits per heavy atom. The van der Waals surface area contributed by atoms with E-state index in [1.807, 2.05) is 37.3 Å². The van der Waals surface area contributed by atoms with Crippen molar-refractivity contribution in [1.82, 2.24) is 0 Å². The molecule has 2 aromatic carbocycles. The number of aryl methyl sites for hydroxylation is 3. The van der Waals surface area contributed by atoms with Crippen LogP contribution in [0.4, 0.5) is 4.39 Å². The molecule has 0 aromatic heterocycles. The van der Waals surface area contributed by atoms with Crippen molar-refractivity contribution >= 4 is 0 Å². The maximum absolute atomic E-state index is 13.6. The molecule has 94 valence electrons. The molecule has 2 rings (SSSR count). The number of benzene rings is 2. The molecule has 0 radical (unpaired) electrons. The average Bonchev–Trinajstić information content (AvgIpc) is 2.34. The van der Waals surface area contributed by atoms with Gasteiger partial charge in [-0.05, 0) is 43.0 Å². The van der Waals surface area contributed by atoms with Crippen molar-refractivity contribution in [3.05, 3.63) is 70.0 Å². The largest absolute Gasteiger partial charge is 0.320 e. The highest BCUT2D eigenvalue weighted by Gasteiger charge is 2.12. The lowest BCUT2D eigenvalue weighted by Crippen LogP contribution is -2.13. The Morgan fingerprint density at radius 1 is 0.944 bits per heavy atom. The van der Waals surface area contributed by atoms with Crippen molar-refractivity contribution in [1.29, 1.82) is 0 Å². The lowest BCUT2D eigenvalue weighted by Gasteiger charge is -2.15. The summed E-state index contributed by atoms with van der Waals surface area (Å²) in [4.78, 5) is 0. The van der Waals surface area contributed by atoms with Crippen molar-refractivity contribution in [3.8, 4) is 0 Å². The van der Waals surface area contributed by atoms with Gasteiger partial charge >= 0.3 is 0 Å². The van der Waals surface area contributed by atoms with Gasteiger partial charge < -0.3 is 5.73 Å². The molecular formula is C16H18FN. The molecule has 0 spiro atoms. The van der Waals surface area contributed by atoms with E-state index in [1.54, 1.807) is 13.8 Å². The molecule has 1 unspecified atom stereocenters. The zero-order chi connectivity index (χ0) is 13.3. The van der Waals surface area contributed by atoms with Crippen molar-refractivity contribution in [3.63, 3.8) is 0 Å². The Balaban J connectivity index is 2.43. The van der Waals surface area contributed by atoms with Gasteiger partial charge in [0, 0.05) is 0 Å². The van der Waals surface area contributed by atoms with Gasteiger partial charge in [0.2, 0.25) is 0 Å². The maximum atomic E-state index is 13.6. The summed E-state index contributed by atoms with van der Waals surface area (Å²) >= 11 is 0. The van der Waals surface area contributed by atoms with Gasteiger partial charge in [0.05, 0.1) is 6.04 Å². The Kier molecular flexibility index (Phi) is 3.48. The molecule has 0 bridgehead atoms. The normalized spacial score (nSPS) is 12.5. The summed E-state index contributed by atoms with van der Waals surface area (Å²) < 4.78 is 13.6. The van der Waals surface area contributed by atoms with Crippen LogP contribution in [0.2, 0.25) is 0 Å². The molecule has 2 heteroatoms. The van der Waals surface area contributed by atoms with E-state index < -0.39 is 0 Å². The number of hydrogen-bond donors (Lipinski definition) is 1. The lowest BCUT2D eigenvalue weighted by atomic mass is 9.95. The highest BCUT2D eigenvalue weighted by atomic mass is 19.1. The van der Waals surface area contributed by atoms with Gasteiger partial charge in [0.25, 0.3) is 0 Å². The van der Waals surface area contributed by atoms with Gasteiger partial charge in [0.15, 0.2) is 0 Å². The van der Waals surface area contributed by atoms with Crippen LogP contribution in [0.15, 0.2) is 36.4 Å². The number of hydrogen-bond acceptors (Lipinski definition) is 1. The molecule has 1 nitrogen and oxygen atoms in total. The smallest absolute Gasteiger partial charge is 0.129 e. The zero-order valence-electron chi connectivity index (χ0n) is 11.0. The molecule has 0 aliphatic carbocycles. The predicted octanol–water partition coefficient (Wildman–Crippen LogP) is 3.80. The third-order valence-corrected chi connectivity index (χ3v) is 3.22. The first-order valence-corrected chi connectivity index (χ1v) is 6.08. The van der Waals surface area contributed by atoms with Crippen LogP contribution in [0.5, 0.6) is 0 Å². The molecule has 2 aromatic rings. The second kappa shape index (κ2) is 4.91. The fraction of sp³-hybridized carbons (Fsp3) is 0.250. The number of nitrogens with two attached hydrogens (primary N) is 1. The molecular weight excluding hydrogens is 225 g/mol. The summed E-state index contributed by atoms with van der Waals surface area (Å²) in [5.74, 6) is -0.143. The van der Waals surface area contributed by atoms with E-state index in [0.29, 0.717) is 11.1 Å². The third kappa shape index (κ3) is 2.44. The van der Waals surface area contributed by atoms with Crippen LogP contribution in [0.25, 0.3) is 0 Å². The zero-order valence-corrected chi connectivity index (χ0v) is 11.0. The lowest BCUT2D eigenvalue weighted by molar-refractivity contribution is 0.607. The van der Waals surface area contributed by atoms with Crippen LogP contribution in [-0.4, -0.2) is 0 Å². The Labute approximate surface area is 107 Å². The molecule has 18 heavy (non-hydrogen) atoms. The molecule has 1 atom stereocenters. The predicted molar refractivity (Wildman–Crippen MR) is 73.1 cm³/mol. The summed E-state index contributed by atoms with van der Waals surface area (Å²) in [6.07, 6.45) is 0. The Bertz CT molecular complexity index is 552. The van der Waals surface area contributed by atoms with Crippen molar-refractivity contribution in [2.75, 3.05) is 0 Å². The average molecular weight is 243 g/mol. The van der Waals surface area contributed by atoms with E-state index in [0.717, 1.165) is 11.1 Å². The molecule has 0 fully saturated rings. The summed E-state index contributed by atoms with van der Waals surface area (Å²) in [6.45, 7) is 5.58. The van der Waals surface area contributed by atoms with E-state index in [2.05, 4.69) is 6.07 Å². The summed E-state index contributed by atoms with van der Waals surface area (Å²) in [6, 6.07) is 11.6. The van der Waals surface area contributed by atoms with Crippen LogP contribution in [0.1, 0.15) is 33.9 Å². The summed E-state index contributed by atoms with van der Waals surface area (Å²) in [5, 5.41) is 0.